The summed E-state index contributed by atoms with van der Waals surface area (Å²) < 4.78 is 0. The Hall–Kier alpha value is -1.43. The number of aliphatic hydroxyl groups excluding tert-OH is 3. The Morgan fingerprint density at radius 1 is 0.880 bits per heavy atom. The molecule has 0 aromatic carbocycles. The topological polar surface area (TPSA) is 98.0 Å². The summed E-state index contributed by atoms with van der Waals surface area (Å²) in [5.74, 6) is -0.890. The molecule has 0 aromatic heterocycles. The minimum absolute atomic E-state index is 0.00922. The molecule has 0 saturated heterocycles. The molecular weight excluding hydrogens is 320 g/mol. The minimum atomic E-state index is -0.890. The lowest BCUT2D eigenvalue weighted by Gasteiger charge is -2.16. The van der Waals surface area contributed by atoms with Crippen LogP contribution in [0.5, 0.6) is 0 Å². The zero-order valence-corrected chi connectivity index (χ0v) is 15.3. The van der Waals surface area contributed by atoms with Gasteiger partial charge in [0.05, 0.1) is 18.3 Å². The Bertz CT molecular complexity index is 414. The molecule has 0 aliphatic rings. The summed E-state index contributed by atoms with van der Waals surface area (Å²) in [5.41, 5.74) is 0. The maximum absolute atomic E-state index is 10.4. The maximum atomic E-state index is 10.4. The average molecular weight is 354 g/mol. The van der Waals surface area contributed by atoms with Crippen molar-refractivity contribution in [1.82, 2.24) is 0 Å². The fraction of sp³-hybridized carbons (Fsp3) is 0.650. The quantitative estimate of drug-likeness (QED) is 0.267. The van der Waals surface area contributed by atoms with Gasteiger partial charge in [-0.2, -0.15) is 0 Å². The van der Waals surface area contributed by atoms with Gasteiger partial charge in [0.15, 0.2) is 0 Å². The standard InChI is InChI=1S/C20H34O5/c1-2-3-8-12-17(21)13-9-6-4-5-7-10-14-18(22)19(23)15-11-16-20(24)25/h4-7,9,13,17-19,21-23H,2-3,8,10-12,14-16H2,1H3,(H,24,25)/b6-4-,7-5+,13-9+/t17-,18+,19-/m0/s1. The van der Waals surface area contributed by atoms with Crippen molar-refractivity contribution in [2.75, 3.05) is 0 Å². The van der Waals surface area contributed by atoms with Gasteiger partial charge in [0, 0.05) is 6.42 Å². The number of aliphatic hydroxyl groups is 3. The van der Waals surface area contributed by atoms with Crippen LogP contribution >= 0.6 is 0 Å². The number of hydrogen-bond acceptors (Lipinski definition) is 4. The van der Waals surface area contributed by atoms with Gasteiger partial charge >= 0.3 is 5.97 Å². The molecule has 0 amide bonds. The van der Waals surface area contributed by atoms with Crippen LogP contribution in [0.15, 0.2) is 36.5 Å². The highest BCUT2D eigenvalue weighted by molar-refractivity contribution is 5.66. The number of rotatable bonds is 15. The average Bonchev–Trinajstić information content (AvgIpc) is 2.56. The molecule has 0 heterocycles. The molecule has 0 radical (unpaired) electrons. The van der Waals surface area contributed by atoms with Crippen LogP contribution in [0.25, 0.3) is 0 Å². The van der Waals surface area contributed by atoms with E-state index < -0.39 is 24.3 Å². The lowest BCUT2D eigenvalue weighted by molar-refractivity contribution is -0.137. The van der Waals surface area contributed by atoms with Gasteiger partial charge in [-0.15, -0.1) is 0 Å². The van der Waals surface area contributed by atoms with Crippen molar-refractivity contribution in [2.24, 2.45) is 0 Å². The van der Waals surface area contributed by atoms with Crippen molar-refractivity contribution in [1.29, 1.82) is 0 Å². The van der Waals surface area contributed by atoms with Gasteiger partial charge in [0.25, 0.3) is 0 Å². The van der Waals surface area contributed by atoms with Gasteiger partial charge in [-0.1, -0.05) is 62.6 Å². The Morgan fingerprint density at radius 2 is 1.56 bits per heavy atom. The lowest BCUT2D eigenvalue weighted by Crippen LogP contribution is -2.25. The third-order valence-electron chi connectivity index (χ3n) is 3.87. The van der Waals surface area contributed by atoms with Gasteiger partial charge < -0.3 is 20.4 Å². The highest BCUT2D eigenvalue weighted by atomic mass is 16.4. The Balaban J connectivity index is 3.80. The smallest absolute Gasteiger partial charge is 0.303 e. The van der Waals surface area contributed by atoms with Gasteiger partial charge in [0.1, 0.15) is 0 Å². The third-order valence-corrected chi connectivity index (χ3v) is 3.87. The summed E-state index contributed by atoms with van der Waals surface area (Å²) in [7, 11) is 0. The molecule has 0 fully saturated rings. The van der Waals surface area contributed by atoms with Crippen molar-refractivity contribution < 1.29 is 25.2 Å². The first-order valence-electron chi connectivity index (χ1n) is 9.23. The van der Waals surface area contributed by atoms with Crippen LogP contribution < -0.4 is 0 Å². The monoisotopic (exact) mass is 354 g/mol. The van der Waals surface area contributed by atoms with Crippen molar-refractivity contribution >= 4 is 5.97 Å². The van der Waals surface area contributed by atoms with Crippen LogP contribution in [0.4, 0.5) is 0 Å². The number of carboxylic acids is 1. The highest BCUT2D eigenvalue weighted by Crippen LogP contribution is 2.10. The first-order valence-corrected chi connectivity index (χ1v) is 9.23. The van der Waals surface area contributed by atoms with Crippen molar-refractivity contribution in [2.45, 2.75) is 83.0 Å². The lowest BCUT2D eigenvalue weighted by atomic mass is 10.0. The predicted molar refractivity (Wildman–Crippen MR) is 100 cm³/mol. The van der Waals surface area contributed by atoms with E-state index in [4.69, 9.17) is 5.11 Å². The largest absolute Gasteiger partial charge is 0.481 e. The Morgan fingerprint density at radius 3 is 2.24 bits per heavy atom. The molecule has 0 rings (SSSR count). The van der Waals surface area contributed by atoms with E-state index in [1.54, 1.807) is 6.08 Å². The SMILES string of the molecule is CCCCC[C@H](O)/C=C/C=C\C=C\CC[C@@H](O)[C@@H](O)CCCC(=O)O. The molecule has 0 aliphatic carbocycles. The zero-order valence-electron chi connectivity index (χ0n) is 15.3. The van der Waals surface area contributed by atoms with Crippen LogP contribution in [0, 0.1) is 0 Å². The number of allylic oxidation sites excluding steroid dienone is 5. The molecular formula is C20H34O5. The second-order valence-corrected chi connectivity index (χ2v) is 6.26. The number of hydrogen-bond donors (Lipinski definition) is 4. The number of carboxylic acid groups (broad SMARTS) is 1. The first-order chi connectivity index (χ1) is 12.0. The molecule has 0 saturated carbocycles. The van der Waals surface area contributed by atoms with E-state index in [2.05, 4.69) is 6.92 Å². The van der Waals surface area contributed by atoms with Crippen LogP contribution in [0.1, 0.15) is 64.7 Å². The maximum Gasteiger partial charge on any atom is 0.303 e. The molecule has 5 nitrogen and oxygen atoms in total. The van der Waals surface area contributed by atoms with Gasteiger partial charge in [0.2, 0.25) is 0 Å². The minimum Gasteiger partial charge on any atom is -0.481 e. The molecule has 0 aromatic rings. The predicted octanol–water partition coefficient (Wildman–Crippen LogP) is 3.35. The Labute approximate surface area is 151 Å². The summed E-state index contributed by atoms with van der Waals surface area (Å²) >= 11 is 0. The van der Waals surface area contributed by atoms with E-state index in [-0.39, 0.29) is 6.42 Å². The molecule has 25 heavy (non-hydrogen) atoms. The summed E-state index contributed by atoms with van der Waals surface area (Å²) in [6, 6.07) is 0. The molecule has 3 atom stereocenters. The summed E-state index contributed by atoms with van der Waals surface area (Å²) in [4.78, 5) is 10.4. The van der Waals surface area contributed by atoms with E-state index in [1.165, 1.54) is 0 Å². The van der Waals surface area contributed by atoms with Gasteiger partial charge in [-0.25, -0.2) is 0 Å². The molecule has 144 valence electrons. The van der Waals surface area contributed by atoms with E-state index in [1.807, 2.05) is 30.4 Å². The Kier molecular flexibility index (Phi) is 15.1. The van der Waals surface area contributed by atoms with Crippen LogP contribution in [0.3, 0.4) is 0 Å². The fourth-order valence-electron chi connectivity index (χ4n) is 2.31. The molecule has 5 heteroatoms. The van der Waals surface area contributed by atoms with Crippen molar-refractivity contribution in [3.05, 3.63) is 36.5 Å². The molecule has 0 bridgehead atoms. The summed E-state index contributed by atoms with van der Waals surface area (Å²) in [6.45, 7) is 2.14. The fourth-order valence-corrected chi connectivity index (χ4v) is 2.31. The second-order valence-electron chi connectivity index (χ2n) is 6.26. The summed E-state index contributed by atoms with van der Waals surface area (Å²) in [6.07, 6.45) is 14.8. The normalized spacial score (nSPS) is 16.0. The van der Waals surface area contributed by atoms with Gasteiger partial charge in [-0.3, -0.25) is 4.79 Å². The van der Waals surface area contributed by atoms with Crippen LogP contribution in [0.2, 0.25) is 0 Å². The number of carbonyl (C=O) groups is 1. The van der Waals surface area contributed by atoms with Crippen LogP contribution in [-0.4, -0.2) is 44.7 Å². The van der Waals surface area contributed by atoms with E-state index in [0.29, 0.717) is 25.7 Å². The molecule has 0 spiro atoms. The summed E-state index contributed by atoms with van der Waals surface area (Å²) in [5, 5.41) is 37.7. The molecule has 4 N–H and O–H groups in total. The number of aliphatic carboxylic acids is 1. The molecule has 0 aliphatic heterocycles. The number of unbranched alkanes of at least 4 members (excludes halogenated alkanes) is 2. The van der Waals surface area contributed by atoms with Crippen LogP contribution in [-0.2, 0) is 4.79 Å². The van der Waals surface area contributed by atoms with E-state index >= 15 is 0 Å². The highest BCUT2D eigenvalue weighted by Gasteiger charge is 2.15. The van der Waals surface area contributed by atoms with E-state index in [9.17, 15) is 20.1 Å². The van der Waals surface area contributed by atoms with Crippen molar-refractivity contribution in [3.63, 3.8) is 0 Å². The van der Waals surface area contributed by atoms with Gasteiger partial charge in [-0.05, 0) is 32.1 Å². The second kappa shape index (κ2) is 16.1. The van der Waals surface area contributed by atoms with E-state index in [0.717, 1.165) is 25.7 Å². The van der Waals surface area contributed by atoms with Crippen molar-refractivity contribution in [3.8, 4) is 0 Å². The third kappa shape index (κ3) is 15.8. The molecule has 0 unspecified atom stereocenters. The first kappa shape index (κ1) is 23.6. The zero-order chi connectivity index (χ0) is 18.9.